The maximum Gasteiger partial charge on any atom is 0.121 e. The van der Waals surface area contributed by atoms with Gasteiger partial charge in [0.2, 0.25) is 0 Å². The highest BCUT2D eigenvalue weighted by Gasteiger charge is 2.73. The van der Waals surface area contributed by atoms with Gasteiger partial charge in [0.05, 0.1) is 11.7 Å². The third kappa shape index (κ3) is 1.96. The average molecular weight is 236 g/mol. The first kappa shape index (κ1) is 11.7. The molecule has 3 fully saturated rings. The van der Waals surface area contributed by atoms with Gasteiger partial charge in [0, 0.05) is 0 Å². The van der Waals surface area contributed by atoms with Crippen molar-refractivity contribution in [1.29, 1.82) is 0 Å². The summed E-state index contributed by atoms with van der Waals surface area (Å²) in [4.78, 5) is 0. The molecule has 1 aliphatic carbocycles. The number of rotatable bonds is 3. The van der Waals surface area contributed by atoms with Crippen LogP contribution < -0.4 is 0 Å². The Balaban J connectivity index is 1.58. The van der Waals surface area contributed by atoms with E-state index in [1.54, 1.807) is 0 Å². The van der Waals surface area contributed by atoms with E-state index in [-0.39, 0.29) is 11.2 Å². The summed E-state index contributed by atoms with van der Waals surface area (Å²) in [5.74, 6) is 0. The minimum atomic E-state index is 0.0172. The molecule has 1 saturated carbocycles. The number of hydrogen-bond acceptors (Lipinski definition) is 2. The Kier molecular flexibility index (Phi) is 2.64. The molecule has 0 aromatic heterocycles. The number of ether oxygens (including phenoxy) is 2. The number of epoxide rings is 2. The molecule has 2 aliphatic heterocycles. The number of allylic oxidation sites excluding steroid dienone is 1. The Labute approximate surface area is 104 Å². The van der Waals surface area contributed by atoms with E-state index in [4.69, 9.17) is 9.47 Å². The van der Waals surface area contributed by atoms with Crippen molar-refractivity contribution < 1.29 is 9.47 Å². The fourth-order valence-electron chi connectivity index (χ4n) is 3.50. The van der Waals surface area contributed by atoms with E-state index in [2.05, 4.69) is 26.8 Å². The smallest absolute Gasteiger partial charge is 0.121 e. The molecule has 0 radical (unpaired) electrons. The molecule has 3 aliphatic rings. The first-order chi connectivity index (χ1) is 8.07. The van der Waals surface area contributed by atoms with Gasteiger partial charge in [-0.2, -0.15) is 0 Å². The topological polar surface area (TPSA) is 25.1 Å². The summed E-state index contributed by atoms with van der Waals surface area (Å²) in [7, 11) is 0. The lowest BCUT2D eigenvalue weighted by Gasteiger charge is -2.19. The maximum absolute atomic E-state index is 6.06. The van der Waals surface area contributed by atoms with Crippen LogP contribution in [0.25, 0.3) is 0 Å². The Morgan fingerprint density at radius 1 is 1.18 bits per heavy atom. The van der Waals surface area contributed by atoms with Crippen molar-refractivity contribution in [1.82, 2.24) is 0 Å². The Morgan fingerprint density at radius 3 is 2.53 bits per heavy atom. The first-order valence-electron chi connectivity index (χ1n) is 7.06. The molecule has 17 heavy (non-hydrogen) atoms. The molecular weight excluding hydrogens is 212 g/mol. The predicted octanol–water partition coefficient (Wildman–Crippen LogP) is 3.60. The van der Waals surface area contributed by atoms with E-state index in [0.717, 1.165) is 6.42 Å². The van der Waals surface area contributed by atoms with E-state index in [0.29, 0.717) is 12.2 Å². The predicted molar refractivity (Wildman–Crippen MR) is 68.0 cm³/mol. The molecule has 0 aromatic carbocycles. The first-order valence-corrected chi connectivity index (χ1v) is 7.06. The summed E-state index contributed by atoms with van der Waals surface area (Å²) in [5, 5.41) is 0. The zero-order valence-corrected chi connectivity index (χ0v) is 11.3. The third-order valence-corrected chi connectivity index (χ3v) is 4.71. The van der Waals surface area contributed by atoms with Crippen LogP contribution in [0.4, 0.5) is 0 Å². The highest BCUT2D eigenvalue weighted by atomic mass is 16.7. The van der Waals surface area contributed by atoms with Gasteiger partial charge in [-0.1, -0.05) is 30.9 Å². The van der Waals surface area contributed by atoms with Crippen molar-refractivity contribution in [2.24, 2.45) is 0 Å². The SMILES string of the molecule is CC(C)=CC[C@H]1O[C@@]1(C)C1OC12CCCCC2. The van der Waals surface area contributed by atoms with Crippen molar-refractivity contribution in [3.8, 4) is 0 Å². The van der Waals surface area contributed by atoms with Crippen molar-refractivity contribution in [3.05, 3.63) is 11.6 Å². The van der Waals surface area contributed by atoms with Crippen molar-refractivity contribution in [2.75, 3.05) is 0 Å². The minimum Gasteiger partial charge on any atom is -0.363 e. The molecule has 2 nitrogen and oxygen atoms in total. The molecular formula is C15H24O2. The van der Waals surface area contributed by atoms with Crippen LogP contribution in [0.1, 0.15) is 59.3 Å². The van der Waals surface area contributed by atoms with E-state index >= 15 is 0 Å². The van der Waals surface area contributed by atoms with Gasteiger partial charge in [0.1, 0.15) is 11.7 Å². The van der Waals surface area contributed by atoms with Crippen molar-refractivity contribution in [2.45, 2.75) is 82.7 Å². The van der Waals surface area contributed by atoms with E-state index in [1.165, 1.54) is 37.7 Å². The van der Waals surface area contributed by atoms with Gasteiger partial charge in [0.25, 0.3) is 0 Å². The molecule has 2 saturated heterocycles. The largest absolute Gasteiger partial charge is 0.363 e. The second-order valence-corrected chi connectivity index (χ2v) is 6.43. The summed E-state index contributed by atoms with van der Waals surface area (Å²) in [6.07, 6.45) is 10.7. The van der Waals surface area contributed by atoms with Gasteiger partial charge >= 0.3 is 0 Å². The molecule has 96 valence electrons. The van der Waals surface area contributed by atoms with Crippen LogP contribution in [0.15, 0.2) is 11.6 Å². The molecule has 3 rings (SSSR count). The van der Waals surface area contributed by atoms with Gasteiger partial charge in [-0.15, -0.1) is 0 Å². The summed E-state index contributed by atoms with van der Waals surface area (Å²) < 4.78 is 12.0. The van der Waals surface area contributed by atoms with Gasteiger partial charge in [-0.3, -0.25) is 0 Å². The standard InChI is InChI=1S/C15H24O2/c1-11(2)7-8-12-14(3,16-12)13-15(17-13)9-5-4-6-10-15/h7,12-13H,4-6,8-10H2,1-3H3/t12-,13?,14-/m1/s1. The maximum atomic E-state index is 6.06. The Morgan fingerprint density at radius 2 is 1.88 bits per heavy atom. The van der Waals surface area contributed by atoms with E-state index < -0.39 is 0 Å². The van der Waals surface area contributed by atoms with Crippen molar-refractivity contribution >= 4 is 0 Å². The van der Waals surface area contributed by atoms with E-state index in [1.807, 2.05) is 0 Å². The molecule has 1 unspecified atom stereocenters. The lowest BCUT2D eigenvalue weighted by Crippen LogP contribution is -2.28. The van der Waals surface area contributed by atoms with Crippen LogP contribution >= 0.6 is 0 Å². The number of hydrogen-bond donors (Lipinski definition) is 0. The summed E-state index contributed by atoms with van der Waals surface area (Å²) in [6, 6.07) is 0. The molecule has 3 atom stereocenters. The lowest BCUT2D eigenvalue weighted by atomic mass is 9.81. The van der Waals surface area contributed by atoms with Crippen LogP contribution in [0, 0.1) is 0 Å². The van der Waals surface area contributed by atoms with Gasteiger partial charge in [-0.25, -0.2) is 0 Å². The second kappa shape index (κ2) is 3.83. The zero-order chi connectivity index (χ0) is 12.1. The van der Waals surface area contributed by atoms with Gasteiger partial charge in [-0.05, 0) is 40.0 Å². The minimum absolute atomic E-state index is 0.0172. The highest BCUT2D eigenvalue weighted by molar-refractivity contribution is 5.21. The van der Waals surface area contributed by atoms with Crippen LogP contribution in [-0.2, 0) is 9.47 Å². The monoisotopic (exact) mass is 236 g/mol. The fraction of sp³-hybridized carbons (Fsp3) is 0.867. The molecule has 0 N–H and O–H groups in total. The fourth-order valence-corrected chi connectivity index (χ4v) is 3.50. The zero-order valence-electron chi connectivity index (χ0n) is 11.3. The summed E-state index contributed by atoms with van der Waals surface area (Å²) in [5.41, 5.74) is 1.61. The average Bonchev–Trinajstić information content (AvgIpc) is 3.16. The van der Waals surface area contributed by atoms with E-state index in [9.17, 15) is 0 Å². The molecule has 0 bridgehead atoms. The van der Waals surface area contributed by atoms with Crippen LogP contribution in [0.5, 0.6) is 0 Å². The molecule has 0 amide bonds. The van der Waals surface area contributed by atoms with Gasteiger partial charge < -0.3 is 9.47 Å². The quantitative estimate of drug-likeness (QED) is 0.552. The Bertz CT molecular complexity index is 337. The van der Waals surface area contributed by atoms with Crippen LogP contribution in [0.3, 0.4) is 0 Å². The second-order valence-electron chi connectivity index (χ2n) is 6.43. The molecule has 0 aromatic rings. The molecule has 1 spiro atoms. The molecule has 2 heteroatoms. The summed E-state index contributed by atoms with van der Waals surface area (Å²) in [6.45, 7) is 6.54. The van der Waals surface area contributed by atoms with Crippen LogP contribution in [0.2, 0.25) is 0 Å². The van der Waals surface area contributed by atoms with Gasteiger partial charge in [0.15, 0.2) is 0 Å². The normalized spacial score (nSPS) is 42.3. The highest BCUT2D eigenvalue weighted by Crippen LogP contribution is 2.60. The summed E-state index contributed by atoms with van der Waals surface area (Å²) >= 11 is 0. The van der Waals surface area contributed by atoms with Crippen molar-refractivity contribution in [3.63, 3.8) is 0 Å². The Hall–Kier alpha value is -0.340. The lowest BCUT2D eigenvalue weighted by molar-refractivity contribution is 0.218. The van der Waals surface area contributed by atoms with Crippen LogP contribution in [-0.4, -0.2) is 23.4 Å². The molecule has 2 heterocycles. The third-order valence-electron chi connectivity index (χ3n) is 4.71.